The van der Waals surface area contributed by atoms with Gasteiger partial charge in [-0.1, -0.05) is 13.8 Å². The van der Waals surface area contributed by atoms with E-state index < -0.39 is 0 Å². The molecule has 2 aromatic heterocycles. The summed E-state index contributed by atoms with van der Waals surface area (Å²) < 4.78 is 2.19. The zero-order valence-corrected chi connectivity index (χ0v) is 8.35. The first kappa shape index (κ1) is 7.80. The molecule has 2 heterocycles. The smallest absolute Gasteiger partial charge is 0.194 e. The van der Waals surface area contributed by atoms with Crippen LogP contribution in [0, 0.1) is 6.92 Å². The van der Waals surface area contributed by atoms with Gasteiger partial charge in [-0.3, -0.25) is 4.40 Å². The SMILES string of the molecule is Cc1cn2c(C(C)C)cnc2s1. The fourth-order valence-corrected chi connectivity index (χ4v) is 2.15. The molecule has 0 aromatic carbocycles. The highest BCUT2D eigenvalue weighted by atomic mass is 32.1. The Morgan fingerprint density at radius 3 is 2.92 bits per heavy atom. The van der Waals surface area contributed by atoms with Crippen molar-refractivity contribution >= 4 is 16.3 Å². The van der Waals surface area contributed by atoms with Crippen LogP contribution in [-0.2, 0) is 0 Å². The molecule has 2 nitrogen and oxygen atoms in total. The maximum atomic E-state index is 4.34. The summed E-state index contributed by atoms with van der Waals surface area (Å²) in [7, 11) is 0. The molecule has 3 heteroatoms. The van der Waals surface area contributed by atoms with E-state index in [1.165, 1.54) is 10.6 Å². The zero-order valence-electron chi connectivity index (χ0n) is 7.53. The Kier molecular flexibility index (Phi) is 1.68. The minimum atomic E-state index is 0.550. The largest absolute Gasteiger partial charge is 0.294 e. The molecular weight excluding hydrogens is 168 g/mol. The van der Waals surface area contributed by atoms with E-state index in [1.807, 2.05) is 6.20 Å². The number of aromatic nitrogens is 2. The topological polar surface area (TPSA) is 17.3 Å². The van der Waals surface area contributed by atoms with Crippen LogP contribution in [0.5, 0.6) is 0 Å². The zero-order chi connectivity index (χ0) is 8.72. The lowest BCUT2D eigenvalue weighted by molar-refractivity contribution is 0.810. The number of aryl methyl sites for hydroxylation is 1. The maximum Gasteiger partial charge on any atom is 0.194 e. The third-order valence-corrected chi connectivity index (χ3v) is 2.86. The minimum absolute atomic E-state index is 0.550. The van der Waals surface area contributed by atoms with Crippen molar-refractivity contribution in [3.8, 4) is 0 Å². The molecule has 0 aliphatic carbocycles. The summed E-state index contributed by atoms with van der Waals surface area (Å²) in [5.41, 5.74) is 1.30. The van der Waals surface area contributed by atoms with Crippen molar-refractivity contribution in [2.75, 3.05) is 0 Å². The van der Waals surface area contributed by atoms with Crippen LogP contribution in [0.25, 0.3) is 4.96 Å². The van der Waals surface area contributed by atoms with Crippen LogP contribution in [0.15, 0.2) is 12.4 Å². The lowest BCUT2D eigenvalue weighted by Crippen LogP contribution is -1.91. The molecule has 64 valence electrons. The molecule has 0 aliphatic rings. The molecule has 0 saturated carbocycles. The normalized spacial score (nSPS) is 11.7. The molecule has 2 aromatic rings. The average Bonchev–Trinajstić information content (AvgIpc) is 2.43. The fraction of sp³-hybridized carbons (Fsp3) is 0.444. The van der Waals surface area contributed by atoms with Crippen molar-refractivity contribution < 1.29 is 0 Å². The summed E-state index contributed by atoms with van der Waals surface area (Å²) >= 11 is 1.74. The van der Waals surface area contributed by atoms with Gasteiger partial charge in [0, 0.05) is 16.8 Å². The van der Waals surface area contributed by atoms with Gasteiger partial charge in [-0.2, -0.15) is 0 Å². The molecule has 0 saturated heterocycles. The van der Waals surface area contributed by atoms with E-state index in [2.05, 4.69) is 36.4 Å². The Hall–Kier alpha value is -0.830. The van der Waals surface area contributed by atoms with Crippen molar-refractivity contribution in [3.63, 3.8) is 0 Å². The van der Waals surface area contributed by atoms with Crippen LogP contribution >= 0.6 is 11.3 Å². The average molecular weight is 180 g/mol. The van der Waals surface area contributed by atoms with E-state index in [1.54, 1.807) is 11.3 Å². The Morgan fingerprint density at radius 2 is 2.25 bits per heavy atom. The third kappa shape index (κ3) is 1.05. The summed E-state index contributed by atoms with van der Waals surface area (Å²) in [6.45, 7) is 6.50. The first-order valence-corrected chi connectivity index (χ1v) is 4.93. The quantitative estimate of drug-likeness (QED) is 0.659. The predicted molar refractivity (Wildman–Crippen MR) is 51.9 cm³/mol. The standard InChI is InChI=1S/C9H12N2S/c1-6(2)8-4-10-9-11(8)5-7(3)12-9/h4-6H,1-3H3. The predicted octanol–water partition coefficient (Wildman–Crippen LogP) is 2.83. The molecule has 0 atom stereocenters. The summed E-state index contributed by atoms with van der Waals surface area (Å²) in [4.78, 5) is 6.77. The van der Waals surface area contributed by atoms with Crippen molar-refractivity contribution in [3.05, 3.63) is 23.0 Å². The Morgan fingerprint density at radius 1 is 1.50 bits per heavy atom. The first-order valence-electron chi connectivity index (χ1n) is 4.12. The highest BCUT2D eigenvalue weighted by Gasteiger charge is 2.08. The van der Waals surface area contributed by atoms with Gasteiger partial charge in [0.15, 0.2) is 4.96 Å². The molecule has 0 aliphatic heterocycles. The van der Waals surface area contributed by atoms with Gasteiger partial charge >= 0.3 is 0 Å². The van der Waals surface area contributed by atoms with Crippen LogP contribution in [-0.4, -0.2) is 9.38 Å². The summed E-state index contributed by atoms with van der Waals surface area (Å²) in [5, 5.41) is 0. The van der Waals surface area contributed by atoms with Gasteiger partial charge in [0.2, 0.25) is 0 Å². The molecule has 0 fully saturated rings. The van der Waals surface area contributed by atoms with E-state index in [-0.39, 0.29) is 0 Å². The number of hydrogen-bond donors (Lipinski definition) is 0. The van der Waals surface area contributed by atoms with Gasteiger partial charge in [0.1, 0.15) is 0 Å². The van der Waals surface area contributed by atoms with Crippen LogP contribution in [0.3, 0.4) is 0 Å². The molecule has 0 bridgehead atoms. The maximum absolute atomic E-state index is 4.34. The van der Waals surface area contributed by atoms with Gasteiger partial charge in [-0.05, 0) is 12.8 Å². The van der Waals surface area contributed by atoms with Gasteiger partial charge in [-0.25, -0.2) is 4.98 Å². The second kappa shape index (κ2) is 2.59. The van der Waals surface area contributed by atoms with E-state index in [9.17, 15) is 0 Å². The van der Waals surface area contributed by atoms with Crippen molar-refractivity contribution in [1.29, 1.82) is 0 Å². The van der Waals surface area contributed by atoms with Crippen LogP contribution < -0.4 is 0 Å². The Bertz CT molecular complexity index is 397. The summed E-state index contributed by atoms with van der Waals surface area (Å²) in [6, 6.07) is 0. The Labute approximate surface area is 75.9 Å². The summed E-state index contributed by atoms with van der Waals surface area (Å²) in [6.07, 6.45) is 4.12. The van der Waals surface area contributed by atoms with E-state index >= 15 is 0 Å². The minimum Gasteiger partial charge on any atom is -0.294 e. The summed E-state index contributed by atoms with van der Waals surface area (Å²) in [5.74, 6) is 0.550. The molecular formula is C9H12N2S. The van der Waals surface area contributed by atoms with Crippen LogP contribution in [0.2, 0.25) is 0 Å². The van der Waals surface area contributed by atoms with E-state index in [0.29, 0.717) is 5.92 Å². The lowest BCUT2D eigenvalue weighted by atomic mass is 10.1. The van der Waals surface area contributed by atoms with Gasteiger partial charge in [0.05, 0.1) is 6.20 Å². The first-order chi connectivity index (χ1) is 5.68. The molecule has 2 rings (SSSR count). The van der Waals surface area contributed by atoms with Crippen molar-refractivity contribution in [2.24, 2.45) is 0 Å². The van der Waals surface area contributed by atoms with E-state index in [0.717, 1.165) is 4.96 Å². The molecule has 12 heavy (non-hydrogen) atoms. The molecule has 0 spiro atoms. The van der Waals surface area contributed by atoms with E-state index in [4.69, 9.17) is 0 Å². The number of rotatable bonds is 1. The van der Waals surface area contributed by atoms with Gasteiger partial charge in [0.25, 0.3) is 0 Å². The second-order valence-corrected chi connectivity index (χ2v) is 4.55. The third-order valence-electron chi connectivity index (χ3n) is 1.95. The highest BCUT2D eigenvalue weighted by molar-refractivity contribution is 7.16. The molecule has 0 radical (unpaired) electrons. The number of hydrogen-bond acceptors (Lipinski definition) is 2. The van der Waals surface area contributed by atoms with Crippen molar-refractivity contribution in [1.82, 2.24) is 9.38 Å². The van der Waals surface area contributed by atoms with Crippen LogP contribution in [0.4, 0.5) is 0 Å². The number of fused-ring (bicyclic) bond motifs is 1. The number of nitrogens with zero attached hydrogens (tertiary/aromatic N) is 2. The number of imidazole rings is 1. The second-order valence-electron chi connectivity index (χ2n) is 3.33. The van der Waals surface area contributed by atoms with Gasteiger partial charge in [-0.15, -0.1) is 11.3 Å². The lowest BCUT2D eigenvalue weighted by Gasteiger charge is -2.00. The molecule has 0 N–H and O–H groups in total. The molecule has 0 amide bonds. The van der Waals surface area contributed by atoms with Crippen molar-refractivity contribution in [2.45, 2.75) is 26.7 Å². The number of thiazole rings is 1. The van der Waals surface area contributed by atoms with Gasteiger partial charge < -0.3 is 0 Å². The van der Waals surface area contributed by atoms with Crippen LogP contribution in [0.1, 0.15) is 30.3 Å². The fourth-order valence-electron chi connectivity index (χ4n) is 1.34. The Balaban J connectivity index is 2.68. The highest BCUT2D eigenvalue weighted by Crippen LogP contribution is 2.22. The molecule has 0 unspecified atom stereocenters. The monoisotopic (exact) mass is 180 g/mol.